The molecule has 3 heteroatoms. The first kappa shape index (κ1) is 29.4. The molecule has 0 bridgehead atoms. The zero-order chi connectivity index (χ0) is 25.0. The van der Waals surface area contributed by atoms with Crippen LogP contribution in [-0.4, -0.2) is 15.3 Å². The predicted molar refractivity (Wildman–Crippen MR) is 144 cm³/mol. The molecule has 0 fully saturated rings. The number of nitrogens with zero attached hydrogens (tertiary/aromatic N) is 2. The maximum atomic E-state index is 13.7. The van der Waals surface area contributed by atoms with Crippen molar-refractivity contribution in [1.82, 2.24) is 9.55 Å². The summed E-state index contributed by atoms with van der Waals surface area (Å²) in [6, 6.07) is 0. The normalized spacial score (nSPS) is 13.0. The lowest BCUT2D eigenvalue weighted by Gasteiger charge is -2.25. The van der Waals surface area contributed by atoms with Gasteiger partial charge >= 0.3 is 0 Å². The molecule has 2 unspecified atom stereocenters. The summed E-state index contributed by atoms with van der Waals surface area (Å²) in [6.07, 6.45) is 12.9. The lowest BCUT2D eigenvalue weighted by molar-refractivity contribution is 0.102. The summed E-state index contributed by atoms with van der Waals surface area (Å²) >= 11 is 0. The van der Waals surface area contributed by atoms with Gasteiger partial charge in [0.25, 0.3) is 0 Å². The van der Waals surface area contributed by atoms with E-state index in [0.717, 1.165) is 68.6 Å². The van der Waals surface area contributed by atoms with E-state index in [9.17, 15) is 4.79 Å². The van der Waals surface area contributed by atoms with Gasteiger partial charge in [-0.2, -0.15) is 0 Å². The molecule has 0 saturated carbocycles. The molecule has 0 aliphatic heterocycles. The summed E-state index contributed by atoms with van der Waals surface area (Å²) in [5.41, 5.74) is 5.98. The van der Waals surface area contributed by atoms with E-state index in [1.165, 1.54) is 36.0 Å². The minimum absolute atomic E-state index is 0.161. The number of carbonyl (C=O) groups excluding carboxylic acids is 1. The third-order valence-corrected chi connectivity index (χ3v) is 7.57. The van der Waals surface area contributed by atoms with Crippen LogP contribution in [0.4, 0.5) is 0 Å². The van der Waals surface area contributed by atoms with Gasteiger partial charge in [0.1, 0.15) is 11.5 Å². The van der Waals surface area contributed by atoms with Crippen LogP contribution in [0.25, 0.3) is 0 Å². The van der Waals surface area contributed by atoms with Crippen molar-refractivity contribution in [1.29, 1.82) is 0 Å². The van der Waals surface area contributed by atoms with Crippen molar-refractivity contribution in [2.24, 2.45) is 5.92 Å². The molecule has 33 heavy (non-hydrogen) atoms. The van der Waals surface area contributed by atoms with E-state index >= 15 is 0 Å². The minimum Gasteiger partial charge on any atom is -0.321 e. The van der Waals surface area contributed by atoms with Crippen LogP contribution in [-0.2, 0) is 6.54 Å². The van der Waals surface area contributed by atoms with Crippen LogP contribution in [0.2, 0.25) is 0 Å². The number of aromatic nitrogens is 2. The van der Waals surface area contributed by atoms with Gasteiger partial charge in [-0.1, -0.05) is 97.8 Å². The summed E-state index contributed by atoms with van der Waals surface area (Å²) in [4.78, 5) is 18.7. The fourth-order valence-corrected chi connectivity index (χ4v) is 5.34. The Labute approximate surface area is 205 Å². The van der Waals surface area contributed by atoms with Crippen molar-refractivity contribution in [3.63, 3.8) is 0 Å². The molecule has 0 saturated heterocycles. The van der Waals surface area contributed by atoms with E-state index in [1.807, 2.05) is 13.1 Å². The van der Waals surface area contributed by atoms with Crippen LogP contribution in [0.3, 0.4) is 0 Å². The van der Waals surface area contributed by atoms with Crippen LogP contribution in [0.1, 0.15) is 149 Å². The Hall–Kier alpha value is -1.64. The Balaban J connectivity index is 3.67. The van der Waals surface area contributed by atoms with Crippen LogP contribution in [0, 0.1) is 5.92 Å². The number of hydrogen-bond acceptors (Lipinski definition) is 2. The molecule has 1 aromatic heterocycles. The van der Waals surface area contributed by atoms with Crippen LogP contribution in [0.5, 0.6) is 0 Å². The lowest BCUT2D eigenvalue weighted by Crippen LogP contribution is -2.20. The smallest absolute Gasteiger partial charge is 0.206 e. The Morgan fingerprint density at radius 2 is 1.52 bits per heavy atom. The van der Waals surface area contributed by atoms with Crippen LogP contribution in [0.15, 0.2) is 28.5 Å². The Morgan fingerprint density at radius 1 is 0.909 bits per heavy atom. The van der Waals surface area contributed by atoms with Gasteiger partial charge in [0.05, 0.1) is 6.20 Å². The van der Waals surface area contributed by atoms with Gasteiger partial charge in [-0.25, -0.2) is 4.98 Å². The molecule has 1 aromatic rings. The fraction of sp³-hybridized carbons (Fsp3) is 0.733. The highest BCUT2D eigenvalue weighted by Crippen LogP contribution is 2.33. The van der Waals surface area contributed by atoms with Crippen LogP contribution >= 0.6 is 0 Å². The van der Waals surface area contributed by atoms with Gasteiger partial charge in [0.2, 0.25) is 5.78 Å². The predicted octanol–water partition coefficient (Wildman–Crippen LogP) is 9.44. The quantitative estimate of drug-likeness (QED) is 0.141. The number of ketones is 1. The molecular formula is C30H52N2O. The summed E-state index contributed by atoms with van der Waals surface area (Å²) in [5.74, 6) is 2.22. The molecule has 1 rings (SSSR count). The molecule has 188 valence electrons. The van der Waals surface area contributed by atoms with Crippen molar-refractivity contribution in [2.45, 2.75) is 139 Å². The van der Waals surface area contributed by atoms with Gasteiger partial charge in [0, 0.05) is 12.5 Å². The first-order chi connectivity index (χ1) is 15.8. The standard InChI is InChI=1S/C30H52N2O/c1-10-17-19-22(8)27(16-7)30-31-20-28(29(33)23(9)24(12-3)13-4)32(30)21-26(18-11-2)25(14-5)15-6/h20,22,27H,10-19,21H2,1-9H3. The Kier molecular flexibility index (Phi) is 13.6. The van der Waals surface area contributed by atoms with Crippen molar-refractivity contribution < 1.29 is 4.79 Å². The summed E-state index contributed by atoms with van der Waals surface area (Å²) in [5, 5.41) is 0. The molecular weight excluding hydrogens is 404 g/mol. The van der Waals surface area contributed by atoms with Gasteiger partial charge < -0.3 is 4.57 Å². The zero-order valence-corrected chi connectivity index (χ0v) is 23.3. The number of allylic oxidation sites excluding steroid dienone is 4. The third kappa shape index (κ3) is 7.69. The second-order valence-corrected chi connectivity index (χ2v) is 9.65. The van der Waals surface area contributed by atoms with Crippen molar-refractivity contribution in [3.05, 3.63) is 40.0 Å². The molecule has 0 spiro atoms. The topological polar surface area (TPSA) is 34.9 Å². The molecule has 0 aromatic carbocycles. The minimum atomic E-state index is 0.161. The molecule has 0 radical (unpaired) electrons. The summed E-state index contributed by atoms with van der Waals surface area (Å²) < 4.78 is 2.31. The van der Waals surface area contributed by atoms with Gasteiger partial charge in [-0.05, 0) is 56.9 Å². The average Bonchev–Trinajstić information content (AvgIpc) is 3.22. The molecule has 0 aliphatic rings. The third-order valence-electron chi connectivity index (χ3n) is 7.57. The second kappa shape index (κ2) is 15.3. The fourth-order valence-electron chi connectivity index (χ4n) is 5.34. The van der Waals surface area contributed by atoms with E-state index in [4.69, 9.17) is 4.98 Å². The highest BCUT2D eigenvalue weighted by atomic mass is 16.1. The first-order valence-corrected chi connectivity index (χ1v) is 13.8. The highest BCUT2D eigenvalue weighted by molar-refractivity contribution is 6.07. The molecule has 1 heterocycles. The zero-order valence-electron chi connectivity index (χ0n) is 23.3. The SMILES string of the molecule is CCCCC(C)C(CC)c1ncc(C(=O)C(C)=C(CC)CC)n1CC(CCC)=C(CC)CC. The number of carbonyl (C=O) groups is 1. The number of rotatable bonds is 16. The van der Waals surface area contributed by atoms with E-state index in [1.54, 1.807) is 0 Å². The van der Waals surface area contributed by atoms with Crippen molar-refractivity contribution in [2.75, 3.05) is 0 Å². The average molecular weight is 457 g/mol. The Bertz CT molecular complexity index is 784. The van der Waals surface area contributed by atoms with E-state index in [2.05, 4.69) is 60.0 Å². The molecule has 0 N–H and O–H groups in total. The van der Waals surface area contributed by atoms with E-state index in [-0.39, 0.29) is 5.78 Å². The largest absolute Gasteiger partial charge is 0.321 e. The maximum Gasteiger partial charge on any atom is 0.206 e. The monoisotopic (exact) mass is 456 g/mol. The summed E-state index contributed by atoms with van der Waals surface area (Å²) in [7, 11) is 0. The first-order valence-electron chi connectivity index (χ1n) is 13.8. The van der Waals surface area contributed by atoms with Crippen molar-refractivity contribution in [3.8, 4) is 0 Å². The molecule has 3 nitrogen and oxygen atoms in total. The van der Waals surface area contributed by atoms with E-state index in [0.29, 0.717) is 11.8 Å². The van der Waals surface area contributed by atoms with Gasteiger partial charge in [-0.3, -0.25) is 4.79 Å². The molecule has 0 aliphatic carbocycles. The van der Waals surface area contributed by atoms with Gasteiger partial charge in [-0.15, -0.1) is 0 Å². The molecule has 0 amide bonds. The number of Topliss-reactive ketones (excluding diaryl/α,β-unsaturated/α-hetero) is 1. The number of hydrogen-bond donors (Lipinski definition) is 0. The van der Waals surface area contributed by atoms with Crippen LogP contribution < -0.4 is 0 Å². The summed E-state index contributed by atoms with van der Waals surface area (Å²) in [6.45, 7) is 20.8. The van der Waals surface area contributed by atoms with Gasteiger partial charge in [0.15, 0.2) is 0 Å². The van der Waals surface area contributed by atoms with Crippen molar-refractivity contribution >= 4 is 5.78 Å². The highest BCUT2D eigenvalue weighted by Gasteiger charge is 2.27. The number of unbranched alkanes of at least 4 members (excludes halogenated alkanes) is 1. The maximum absolute atomic E-state index is 13.7. The Morgan fingerprint density at radius 3 is 2.00 bits per heavy atom. The van der Waals surface area contributed by atoms with E-state index < -0.39 is 0 Å². The second-order valence-electron chi connectivity index (χ2n) is 9.65. The number of imidazole rings is 1. The lowest BCUT2D eigenvalue weighted by atomic mass is 9.86. The molecule has 2 atom stereocenters.